The molecule has 0 spiro atoms. The Morgan fingerprint density at radius 2 is 2.36 bits per heavy atom. The van der Waals surface area contributed by atoms with E-state index in [2.05, 4.69) is 10.3 Å². The Kier molecular flexibility index (Phi) is 4.21. The fourth-order valence-electron chi connectivity index (χ4n) is 0.587. The summed E-state index contributed by atoms with van der Waals surface area (Å²) in [5, 5.41) is 14.2. The van der Waals surface area contributed by atoms with Gasteiger partial charge in [0.15, 0.2) is 0 Å². The Morgan fingerprint density at radius 1 is 1.64 bits per heavy atom. The van der Waals surface area contributed by atoms with E-state index in [0.29, 0.717) is 13.0 Å². The highest BCUT2D eigenvalue weighted by Crippen LogP contribution is 1.84. The molecule has 0 radical (unpaired) electrons. The molecule has 1 heterocycles. The van der Waals surface area contributed by atoms with Crippen LogP contribution in [0.5, 0.6) is 0 Å². The molecule has 62 valence electrons. The third-order valence-corrected chi connectivity index (χ3v) is 1.08. The summed E-state index contributed by atoms with van der Waals surface area (Å²) in [6, 6.07) is 0. The molecule has 11 heavy (non-hydrogen) atoms. The second kappa shape index (κ2) is 4.68. The second-order valence-electron chi connectivity index (χ2n) is 1.94. The lowest BCUT2D eigenvalue weighted by Crippen LogP contribution is -2.13. The summed E-state index contributed by atoms with van der Waals surface area (Å²) in [7, 11) is 0. The first kappa shape index (κ1) is 9.90. The number of nitrogens with one attached hydrogen (secondary N) is 1. The topological polar surface area (TPSA) is 80.6 Å². The van der Waals surface area contributed by atoms with Crippen LogP contribution in [0.15, 0.2) is 12.4 Å². The lowest BCUT2D eigenvalue weighted by Gasteiger charge is -1.96. The first-order valence-electron chi connectivity index (χ1n) is 2.96. The van der Waals surface area contributed by atoms with Crippen LogP contribution in [-0.2, 0) is 6.54 Å². The molecule has 1 aromatic rings. The van der Waals surface area contributed by atoms with Crippen molar-refractivity contribution in [3.8, 4) is 0 Å². The minimum atomic E-state index is 0. The van der Waals surface area contributed by atoms with Gasteiger partial charge in [0.2, 0.25) is 0 Å². The van der Waals surface area contributed by atoms with Gasteiger partial charge in [-0.3, -0.25) is 10.1 Å². The molecule has 0 bridgehead atoms. The van der Waals surface area contributed by atoms with Crippen molar-refractivity contribution in [2.75, 3.05) is 0 Å². The molecular weight excluding hydrogens is 166 g/mol. The molecule has 0 aliphatic rings. The monoisotopic (exact) mass is 175 g/mol. The fourth-order valence-corrected chi connectivity index (χ4v) is 0.587. The summed E-state index contributed by atoms with van der Waals surface area (Å²) in [4.78, 5) is 0. The smallest absolute Gasteiger partial charge is 0.0923 e. The molecule has 5 nitrogen and oxygen atoms in total. The lowest BCUT2D eigenvalue weighted by molar-refractivity contribution is 0.603. The van der Waals surface area contributed by atoms with Crippen molar-refractivity contribution in [1.82, 2.24) is 15.0 Å². The summed E-state index contributed by atoms with van der Waals surface area (Å²) in [6.07, 6.45) is 3.87. The van der Waals surface area contributed by atoms with Crippen LogP contribution in [0.4, 0.5) is 0 Å². The first-order valence-corrected chi connectivity index (χ1v) is 2.96. The zero-order chi connectivity index (χ0) is 7.40. The van der Waals surface area contributed by atoms with Gasteiger partial charge in [0.05, 0.1) is 12.0 Å². The van der Waals surface area contributed by atoms with Crippen LogP contribution < -0.4 is 5.73 Å². The lowest BCUT2D eigenvalue weighted by atomic mass is 10.4. The SMILES string of the molecule is Cl.N=C(N)CCn1ccnn1. The van der Waals surface area contributed by atoms with Gasteiger partial charge in [-0.15, -0.1) is 17.5 Å². The van der Waals surface area contributed by atoms with E-state index >= 15 is 0 Å². The Hall–Kier alpha value is -1.10. The normalized spacial score (nSPS) is 8.73. The Labute approximate surface area is 70.5 Å². The number of rotatable bonds is 3. The maximum atomic E-state index is 6.91. The van der Waals surface area contributed by atoms with Gasteiger partial charge >= 0.3 is 0 Å². The third-order valence-electron chi connectivity index (χ3n) is 1.08. The Balaban J connectivity index is 0.000001000. The number of amidine groups is 1. The van der Waals surface area contributed by atoms with Gasteiger partial charge in [0.1, 0.15) is 0 Å². The highest BCUT2D eigenvalue weighted by molar-refractivity contribution is 5.85. The molecule has 0 fully saturated rings. The third kappa shape index (κ3) is 3.57. The van der Waals surface area contributed by atoms with Gasteiger partial charge in [-0.1, -0.05) is 5.21 Å². The molecule has 0 aliphatic heterocycles. The number of nitrogens with zero attached hydrogens (tertiary/aromatic N) is 3. The van der Waals surface area contributed by atoms with Gasteiger partial charge in [-0.2, -0.15) is 0 Å². The number of hydrogen-bond acceptors (Lipinski definition) is 3. The summed E-state index contributed by atoms with van der Waals surface area (Å²) in [5.74, 6) is 0.176. The fraction of sp³-hybridized carbons (Fsp3) is 0.400. The van der Waals surface area contributed by atoms with Gasteiger partial charge < -0.3 is 5.73 Å². The van der Waals surface area contributed by atoms with Gasteiger partial charge in [-0.05, 0) is 0 Å². The summed E-state index contributed by atoms with van der Waals surface area (Å²) < 4.78 is 1.64. The van der Waals surface area contributed by atoms with Crippen molar-refractivity contribution in [3.63, 3.8) is 0 Å². The number of nitrogens with two attached hydrogens (primary N) is 1. The Bertz CT molecular complexity index is 207. The predicted octanol–water partition coefficient (Wildman–Crippen LogP) is 0.0260. The van der Waals surface area contributed by atoms with Crippen molar-refractivity contribution < 1.29 is 0 Å². The molecule has 3 N–H and O–H groups in total. The number of aromatic nitrogens is 3. The molecule has 0 aromatic carbocycles. The first-order chi connectivity index (χ1) is 4.79. The maximum absolute atomic E-state index is 6.91. The minimum Gasteiger partial charge on any atom is -0.388 e. The van der Waals surface area contributed by atoms with Crippen molar-refractivity contribution in [2.45, 2.75) is 13.0 Å². The molecule has 0 unspecified atom stereocenters. The molecule has 0 amide bonds. The molecular formula is C5H10ClN5. The van der Waals surface area contributed by atoms with Crippen molar-refractivity contribution in [3.05, 3.63) is 12.4 Å². The molecule has 1 rings (SSSR count). The molecule has 0 aliphatic carbocycles. The van der Waals surface area contributed by atoms with Crippen LogP contribution in [0.1, 0.15) is 6.42 Å². The van der Waals surface area contributed by atoms with Crippen molar-refractivity contribution >= 4 is 18.2 Å². The maximum Gasteiger partial charge on any atom is 0.0923 e. The molecule has 6 heteroatoms. The van der Waals surface area contributed by atoms with E-state index in [1.165, 1.54) is 0 Å². The predicted molar refractivity (Wildman–Crippen MR) is 43.8 cm³/mol. The Morgan fingerprint density at radius 3 is 2.82 bits per heavy atom. The van der Waals surface area contributed by atoms with E-state index in [4.69, 9.17) is 11.1 Å². The molecule has 0 saturated carbocycles. The minimum absolute atomic E-state index is 0. The van der Waals surface area contributed by atoms with Gasteiger partial charge in [-0.25, -0.2) is 0 Å². The van der Waals surface area contributed by atoms with E-state index in [-0.39, 0.29) is 18.2 Å². The van der Waals surface area contributed by atoms with E-state index < -0.39 is 0 Å². The number of hydrogen-bond donors (Lipinski definition) is 2. The largest absolute Gasteiger partial charge is 0.388 e. The average molecular weight is 176 g/mol. The quantitative estimate of drug-likeness (QED) is 0.502. The van der Waals surface area contributed by atoms with Gasteiger partial charge in [0.25, 0.3) is 0 Å². The van der Waals surface area contributed by atoms with Crippen LogP contribution in [0.2, 0.25) is 0 Å². The van der Waals surface area contributed by atoms with Crippen molar-refractivity contribution in [1.29, 1.82) is 5.41 Å². The van der Waals surface area contributed by atoms with Gasteiger partial charge in [0, 0.05) is 19.2 Å². The van der Waals surface area contributed by atoms with Crippen LogP contribution in [0.3, 0.4) is 0 Å². The molecule has 0 atom stereocenters. The number of halogens is 1. The van der Waals surface area contributed by atoms with Crippen LogP contribution in [0, 0.1) is 5.41 Å². The van der Waals surface area contributed by atoms with E-state index in [0.717, 1.165) is 0 Å². The van der Waals surface area contributed by atoms with Crippen molar-refractivity contribution in [2.24, 2.45) is 5.73 Å². The standard InChI is InChI=1S/C5H9N5.ClH/c6-5(7)1-3-10-4-2-8-9-10;/h2,4H,1,3H2,(H3,6,7);1H. The van der Waals surface area contributed by atoms with Crippen LogP contribution >= 0.6 is 12.4 Å². The van der Waals surface area contributed by atoms with E-state index in [1.54, 1.807) is 17.1 Å². The highest BCUT2D eigenvalue weighted by Gasteiger charge is 1.91. The molecule has 0 saturated heterocycles. The van der Waals surface area contributed by atoms with E-state index in [9.17, 15) is 0 Å². The van der Waals surface area contributed by atoms with Crippen LogP contribution in [0.25, 0.3) is 0 Å². The zero-order valence-electron chi connectivity index (χ0n) is 5.90. The van der Waals surface area contributed by atoms with E-state index in [1.807, 2.05) is 0 Å². The summed E-state index contributed by atoms with van der Waals surface area (Å²) >= 11 is 0. The second-order valence-corrected chi connectivity index (χ2v) is 1.94. The average Bonchev–Trinajstić information content (AvgIpc) is 2.34. The summed E-state index contributed by atoms with van der Waals surface area (Å²) in [5.41, 5.74) is 5.13. The highest BCUT2D eigenvalue weighted by atomic mass is 35.5. The molecule has 1 aromatic heterocycles. The zero-order valence-corrected chi connectivity index (χ0v) is 6.71. The summed E-state index contributed by atoms with van der Waals surface area (Å²) in [6.45, 7) is 0.634. The van der Waals surface area contributed by atoms with Crippen LogP contribution in [-0.4, -0.2) is 20.8 Å². The number of aryl methyl sites for hydroxylation is 1.